The van der Waals surface area contributed by atoms with Crippen LogP contribution in [0.5, 0.6) is 0 Å². The molecule has 1 aromatic carbocycles. The lowest BCUT2D eigenvalue weighted by atomic mass is 9.79. The number of hydrogen-bond acceptors (Lipinski definition) is 6. The maximum atomic E-state index is 12.3. The summed E-state index contributed by atoms with van der Waals surface area (Å²) < 4.78 is 10.3. The van der Waals surface area contributed by atoms with Gasteiger partial charge in [-0.3, -0.25) is 9.59 Å². The van der Waals surface area contributed by atoms with Gasteiger partial charge in [0, 0.05) is 12.8 Å². The number of aromatic nitrogens is 2. The van der Waals surface area contributed by atoms with Gasteiger partial charge in [-0.2, -0.15) is 0 Å². The van der Waals surface area contributed by atoms with Crippen molar-refractivity contribution in [3.63, 3.8) is 0 Å². The molecule has 6 heteroatoms. The molecule has 0 N–H and O–H groups in total. The van der Waals surface area contributed by atoms with Crippen LogP contribution in [0.25, 0.3) is 11.0 Å². The fourth-order valence-electron chi connectivity index (χ4n) is 3.09. The molecular formula is C18H20N2O4. The SMILES string of the molecule is CCOC(=O)[C@@H]1Cc2nc3ccccc3nc2C[C@H]1C(=O)OCC. The number of ether oxygens (including phenoxy) is 2. The minimum absolute atomic E-state index is 0.279. The van der Waals surface area contributed by atoms with Crippen LogP contribution in [0.3, 0.4) is 0 Å². The Balaban J connectivity index is 1.99. The Labute approximate surface area is 140 Å². The lowest BCUT2D eigenvalue weighted by Crippen LogP contribution is -2.39. The summed E-state index contributed by atoms with van der Waals surface area (Å²) >= 11 is 0. The smallest absolute Gasteiger partial charge is 0.310 e. The number of para-hydroxylation sites is 2. The van der Waals surface area contributed by atoms with Crippen molar-refractivity contribution in [2.24, 2.45) is 11.8 Å². The Morgan fingerprint density at radius 1 is 0.917 bits per heavy atom. The first-order valence-corrected chi connectivity index (χ1v) is 8.21. The topological polar surface area (TPSA) is 78.4 Å². The minimum Gasteiger partial charge on any atom is -0.466 e. The van der Waals surface area contributed by atoms with Crippen molar-refractivity contribution >= 4 is 23.0 Å². The molecule has 0 bridgehead atoms. The molecule has 24 heavy (non-hydrogen) atoms. The van der Waals surface area contributed by atoms with E-state index in [9.17, 15) is 9.59 Å². The molecule has 0 aliphatic heterocycles. The highest BCUT2D eigenvalue weighted by molar-refractivity contribution is 5.83. The molecule has 0 saturated carbocycles. The van der Waals surface area contributed by atoms with Crippen LogP contribution < -0.4 is 0 Å². The largest absolute Gasteiger partial charge is 0.466 e. The van der Waals surface area contributed by atoms with E-state index in [2.05, 4.69) is 9.97 Å². The van der Waals surface area contributed by atoms with Crippen LogP contribution in [0.4, 0.5) is 0 Å². The van der Waals surface area contributed by atoms with Gasteiger partial charge in [0.15, 0.2) is 0 Å². The number of hydrogen-bond donors (Lipinski definition) is 0. The molecule has 0 spiro atoms. The number of fused-ring (bicyclic) bond motifs is 2. The molecule has 1 heterocycles. The van der Waals surface area contributed by atoms with Crippen LogP contribution in [0.1, 0.15) is 25.2 Å². The quantitative estimate of drug-likeness (QED) is 0.800. The molecule has 2 aromatic rings. The molecule has 2 atom stereocenters. The third kappa shape index (κ3) is 3.09. The summed E-state index contributed by atoms with van der Waals surface area (Å²) in [5.41, 5.74) is 3.08. The molecule has 3 rings (SSSR count). The Morgan fingerprint density at radius 3 is 1.71 bits per heavy atom. The van der Waals surface area contributed by atoms with E-state index in [4.69, 9.17) is 9.47 Å². The second kappa shape index (κ2) is 6.95. The fraction of sp³-hybridized carbons (Fsp3) is 0.444. The third-order valence-electron chi connectivity index (χ3n) is 4.22. The lowest BCUT2D eigenvalue weighted by Gasteiger charge is -2.29. The molecule has 0 radical (unpaired) electrons. The summed E-state index contributed by atoms with van der Waals surface area (Å²) in [7, 11) is 0. The van der Waals surface area contributed by atoms with Gasteiger partial charge in [-0.05, 0) is 26.0 Å². The van der Waals surface area contributed by atoms with Gasteiger partial charge < -0.3 is 9.47 Å². The summed E-state index contributed by atoms with van der Waals surface area (Å²) in [5.74, 6) is -1.91. The first kappa shape index (κ1) is 16.4. The van der Waals surface area contributed by atoms with Gasteiger partial charge in [0.1, 0.15) is 0 Å². The van der Waals surface area contributed by atoms with Crippen molar-refractivity contribution in [1.82, 2.24) is 9.97 Å². The zero-order valence-corrected chi connectivity index (χ0v) is 13.8. The molecule has 1 aromatic heterocycles. The van der Waals surface area contributed by atoms with Crippen LogP contribution in [-0.4, -0.2) is 35.1 Å². The van der Waals surface area contributed by atoms with Crippen LogP contribution in [0, 0.1) is 11.8 Å². The number of rotatable bonds is 4. The molecular weight excluding hydrogens is 308 g/mol. The highest BCUT2D eigenvalue weighted by Gasteiger charge is 2.41. The summed E-state index contributed by atoms with van der Waals surface area (Å²) in [4.78, 5) is 33.9. The predicted molar refractivity (Wildman–Crippen MR) is 87.2 cm³/mol. The van der Waals surface area contributed by atoms with Crippen molar-refractivity contribution in [3.05, 3.63) is 35.7 Å². The number of carbonyl (C=O) groups excluding carboxylic acids is 2. The van der Waals surface area contributed by atoms with Crippen LogP contribution in [0.15, 0.2) is 24.3 Å². The molecule has 0 amide bonds. The van der Waals surface area contributed by atoms with E-state index in [1.807, 2.05) is 24.3 Å². The zero-order chi connectivity index (χ0) is 17.1. The molecule has 0 fully saturated rings. The van der Waals surface area contributed by atoms with Gasteiger partial charge in [0.05, 0.1) is 47.5 Å². The normalized spacial score (nSPS) is 19.6. The van der Waals surface area contributed by atoms with Gasteiger partial charge >= 0.3 is 11.9 Å². The van der Waals surface area contributed by atoms with E-state index in [1.165, 1.54) is 0 Å². The lowest BCUT2D eigenvalue weighted by molar-refractivity contribution is -0.160. The molecule has 0 unspecified atom stereocenters. The molecule has 126 valence electrons. The number of esters is 2. The summed E-state index contributed by atoms with van der Waals surface area (Å²) in [6.45, 7) is 4.06. The van der Waals surface area contributed by atoms with E-state index >= 15 is 0 Å². The highest BCUT2D eigenvalue weighted by Crippen LogP contribution is 2.31. The average Bonchev–Trinajstić information content (AvgIpc) is 2.59. The van der Waals surface area contributed by atoms with Crippen molar-refractivity contribution in [3.8, 4) is 0 Å². The van der Waals surface area contributed by atoms with Crippen LogP contribution in [-0.2, 0) is 31.9 Å². The number of carbonyl (C=O) groups is 2. The second-order valence-corrected chi connectivity index (χ2v) is 5.73. The Hall–Kier alpha value is -2.50. The molecule has 0 saturated heterocycles. The van der Waals surface area contributed by atoms with Crippen LogP contribution in [0.2, 0.25) is 0 Å². The number of nitrogens with zero attached hydrogens (tertiary/aromatic N) is 2. The minimum atomic E-state index is -0.577. The average molecular weight is 328 g/mol. The maximum Gasteiger partial charge on any atom is 0.310 e. The van der Waals surface area contributed by atoms with E-state index in [1.54, 1.807) is 13.8 Å². The number of benzene rings is 1. The Bertz CT molecular complexity index is 710. The van der Waals surface area contributed by atoms with Crippen molar-refractivity contribution < 1.29 is 19.1 Å². The third-order valence-corrected chi connectivity index (χ3v) is 4.22. The van der Waals surface area contributed by atoms with Gasteiger partial charge in [-0.25, -0.2) is 9.97 Å². The maximum absolute atomic E-state index is 12.3. The summed E-state index contributed by atoms with van der Waals surface area (Å²) in [6, 6.07) is 7.58. The van der Waals surface area contributed by atoms with Gasteiger partial charge in [-0.15, -0.1) is 0 Å². The molecule has 1 aliphatic carbocycles. The standard InChI is InChI=1S/C18H20N2O4/c1-3-23-17(21)11-9-15-16(10-12(11)18(22)24-4-2)20-14-8-6-5-7-13(14)19-15/h5-8,11-12H,3-4,9-10H2,1-2H3/t11-,12-/m1/s1. The van der Waals surface area contributed by atoms with Crippen LogP contribution >= 0.6 is 0 Å². The molecule has 1 aliphatic rings. The summed E-state index contributed by atoms with van der Waals surface area (Å²) in [5, 5.41) is 0. The first-order chi connectivity index (χ1) is 11.6. The predicted octanol–water partition coefficient (Wildman–Crippen LogP) is 2.09. The van der Waals surface area contributed by atoms with Gasteiger partial charge in [0.2, 0.25) is 0 Å². The zero-order valence-electron chi connectivity index (χ0n) is 13.8. The Morgan fingerprint density at radius 2 is 1.33 bits per heavy atom. The Kier molecular flexibility index (Phi) is 4.74. The van der Waals surface area contributed by atoms with E-state index < -0.39 is 11.8 Å². The van der Waals surface area contributed by atoms with E-state index in [-0.39, 0.29) is 25.2 Å². The fourth-order valence-corrected chi connectivity index (χ4v) is 3.09. The van der Waals surface area contributed by atoms with E-state index in [0.717, 1.165) is 22.4 Å². The van der Waals surface area contributed by atoms with Crippen molar-refractivity contribution in [1.29, 1.82) is 0 Å². The monoisotopic (exact) mass is 328 g/mol. The first-order valence-electron chi connectivity index (χ1n) is 8.21. The van der Waals surface area contributed by atoms with Crippen molar-refractivity contribution in [2.45, 2.75) is 26.7 Å². The van der Waals surface area contributed by atoms with Gasteiger partial charge in [-0.1, -0.05) is 12.1 Å². The summed E-state index contributed by atoms with van der Waals surface area (Å²) in [6.07, 6.45) is 0.685. The van der Waals surface area contributed by atoms with Gasteiger partial charge in [0.25, 0.3) is 0 Å². The highest BCUT2D eigenvalue weighted by atomic mass is 16.5. The van der Waals surface area contributed by atoms with Crippen molar-refractivity contribution in [2.75, 3.05) is 13.2 Å². The molecule has 6 nitrogen and oxygen atoms in total. The van der Waals surface area contributed by atoms with E-state index in [0.29, 0.717) is 12.8 Å². The second-order valence-electron chi connectivity index (χ2n) is 5.73.